The number of halogens is 2. The average Bonchev–Trinajstić information content (AvgIpc) is 2.39. The van der Waals surface area contributed by atoms with Gasteiger partial charge in [0.15, 0.2) is 24.7 Å². The molecule has 0 unspecified atom stereocenters. The van der Waals surface area contributed by atoms with Crippen molar-refractivity contribution in [2.45, 2.75) is 6.54 Å². The highest BCUT2D eigenvalue weighted by Gasteiger charge is 2.09. The molecule has 2 aromatic rings. The number of aromatic nitrogens is 1. The van der Waals surface area contributed by atoms with Gasteiger partial charge in [-0.3, -0.25) is 4.79 Å². The van der Waals surface area contributed by atoms with Gasteiger partial charge in [-0.25, -0.2) is 4.57 Å². The Morgan fingerprint density at radius 1 is 1.11 bits per heavy atom. The molecule has 1 aromatic heterocycles. The van der Waals surface area contributed by atoms with E-state index >= 15 is 0 Å². The first-order chi connectivity index (χ1) is 8.29. The van der Waals surface area contributed by atoms with E-state index in [1.54, 1.807) is 0 Å². The summed E-state index contributed by atoms with van der Waals surface area (Å²) in [6.07, 6.45) is 3.86. The molecule has 94 valence electrons. The maximum Gasteiger partial charge on any atom is 0.179 e. The number of rotatable bonds is 4. The molecule has 0 aliphatic rings. The summed E-state index contributed by atoms with van der Waals surface area (Å²) in [5, 5.41) is 0.363. The zero-order chi connectivity index (χ0) is 12.1. The molecule has 0 aliphatic heterocycles. The fraction of sp³-hybridized carbons (Fsp3) is 0.143. The molecule has 1 aromatic carbocycles. The lowest BCUT2D eigenvalue weighted by atomic mass is 10.2. The van der Waals surface area contributed by atoms with E-state index in [9.17, 15) is 4.79 Å². The van der Waals surface area contributed by atoms with Crippen LogP contribution in [0, 0.1) is 0 Å². The third-order valence-corrected chi connectivity index (χ3v) is 3.02. The standard InChI is InChI=1S/C14H13BrNO.BrH/c15-9-14(17)13-7-4-8-16(11-13)10-12-5-2-1-3-6-12;/h1-8,11H,9-10H2;1H/q+1;/p-1. The smallest absolute Gasteiger partial charge is 0.179 e. The molecular formula is C14H13Br2NO. The highest BCUT2D eigenvalue weighted by atomic mass is 79.9. The van der Waals surface area contributed by atoms with Gasteiger partial charge in [0.2, 0.25) is 0 Å². The second kappa shape index (κ2) is 7.44. The monoisotopic (exact) mass is 369 g/mol. The van der Waals surface area contributed by atoms with Gasteiger partial charge in [-0.15, -0.1) is 0 Å². The molecule has 2 rings (SSSR count). The van der Waals surface area contributed by atoms with Crippen molar-refractivity contribution < 1.29 is 26.3 Å². The van der Waals surface area contributed by atoms with Crippen molar-refractivity contribution in [1.82, 2.24) is 0 Å². The van der Waals surface area contributed by atoms with Crippen LogP contribution in [0.5, 0.6) is 0 Å². The van der Waals surface area contributed by atoms with E-state index in [1.807, 2.05) is 47.3 Å². The molecular weight excluding hydrogens is 358 g/mol. The first-order valence-electron chi connectivity index (χ1n) is 5.42. The van der Waals surface area contributed by atoms with Crippen LogP contribution >= 0.6 is 15.9 Å². The van der Waals surface area contributed by atoms with Crippen molar-refractivity contribution in [2.75, 3.05) is 5.33 Å². The van der Waals surface area contributed by atoms with Gasteiger partial charge in [0.25, 0.3) is 0 Å². The van der Waals surface area contributed by atoms with Crippen LogP contribution in [-0.2, 0) is 6.54 Å². The Balaban J connectivity index is 0.00000162. The lowest BCUT2D eigenvalue weighted by molar-refractivity contribution is -0.688. The number of ketones is 1. The quantitative estimate of drug-likeness (QED) is 0.408. The van der Waals surface area contributed by atoms with E-state index in [2.05, 4.69) is 28.1 Å². The van der Waals surface area contributed by atoms with Gasteiger partial charge in [-0.05, 0) is 6.07 Å². The zero-order valence-electron chi connectivity index (χ0n) is 9.72. The Bertz CT molecular complexity index is 514. The molecule has 0 atom stereocenters. The van der Waals surface area contributed by atoms with Crippen molar-refractivity contribution in [3.8, 4) is 0 Å². The van der Waals surface area contributed by atoms with Crippen LogP contribution in [0.15, 0.2) is 54.9 Å². The van der Waals surface area contributed by atoms with Gasteiger partial charge >= 0.3 is 0 Å². The number of alkyl halides is 1. The second-order valence-electron chi connectivity index (χ2n) is 3.81. The van der Waals surface area contributed by atoms with Crippen LogP contribution in [0.4, 0.5) is 0 Å². The predicted molar refractivity (Wildman–Crippen MR) is 70.3 cm³/mol. The van der Waals surface area contributed by atoms with E-state index in [-0.39, 0.29) is 22.8 Å². The molecule has 1 heterocycles. The number of hydrogen-bond donors (Lipinski definition) is 0. The Labute approximate surface area is 126 Å². The highest BCUT2D eigenvalue weighted by Crippen LogP contribution is 2.01. The maximum absolute atomic E-state index is 11.6. The van der Waals surface area contributed by atoms with Gasteiger partial charge in [0.05, 0.1) is 10.9 Å². The summed E-state index contributed by atoms with van der Waals surface area (Å²) >= 11 is 3.18. The lowest BCUT2D eigenvalue weighted by Gasteiger charge is -1.99. The van der Waals surface area contributed by atoms with Gasteiger partial charge in [0, 0.05) is 11.6 Å². The van der Waals surface area contributed by atoms with Crippen molar-refractivity contribution >= 4 is 21.7 Å². The van der Waals surface area contributed by atoms with Gasteiger partial charge in [0.1, 0.15) is 0 Å². The molecule has 0 bridgehead atoms. The Hall–Kier alpha value is -1.00. The Kier molecular flexibility index (Phi) is 6.22. The fourth-order valence-corrected chi connectivity index (χ4v) is 1.98. The van der Waals surface area contributed by atoms with Crippen LogP contribution in [0.1, 0.15) is 15.9 Å². The van der Waals surface area contributed by atoms with Crippen LogP contribution in [0.2, 0.25) is 0 Å². The third kappa shape index (κ3) is 4.03. The van der Waals surface area contributed by atoms with E-state index in [1.165, 1.54) is 5.56 Å². The topological polar surface area (TPSA) is 20.9 Å². The fourth-order valence-electron chi connectivity index (χ4n) is 1.66. The Morgan fingerprint density at radius 2 is 1.83 bits per heavy atom. The van der Waals surface area contributed by atoms with Crippen molar-refractivity contribution in [3.63, 3.8) is 0 Å². The van der Waals surface area contributed by atoms with Gasteiger partial charge in [-0.2, -0.15) is 0 Å². The molecule has 2 nitrogen and oxygen atoms in total. The normalized spacial score (nSPS) is 9.61. The number of nitrogens with zero attached hydrogens (tertiary/aromatic N) is 1. The number of Topliss-reactive ketones (excluding diaryl/α,β-unsaturated/α-hetero) is 1. The lowest BCUT2D eigenvalue weighted by Crippen LogP contribution is -3.00. The predicted octanol–water partition coefficient (Wildman–Crippen LogP) is -0.396. The molecule has 0 saturated carbocycles. The van der Waals surface area contributed by atoms with Gasteiger partial charge in [-0.1, -0.05) is 46.3 Å². The van der Waals surface area contributed by atoms with Crippen molar-refractivity contribution in [2.24, 2.45) is 0 Å². The number of hydrogen-bond acceptors (Lipinski definition) is 1. The van der Waals surface area contributed by atoms with E-state index < -0.39 is 0 Å². The molecule has 0 saturated heterocycles. The number of benzene rings is 1. The van der Waals surface area contributed by atoms with Crippen molar-refractivity contribution in [1.29, 1.82) is 0 Å². The first-order valence-corrected chi connectivity index (χ1v) is 6.54. The minimum atomic E-state index is 0. The molecule has 0 N–H and O–H groups in total. The molecule has 0 radical (unpaired) electrons. The highest BCUT2D eigenvalue weighted by molar-refractivity contribution is 9.09. The van der Waals surface area contributed by atoms with E-state index in [4.69, 9.17) is 0 Å². The minimum absolute atomic E-state index is 0. The molecule has 0 amide bonds. The number of carbonyl (C=O) groups is 1. The zero-order valence-corrected chi connectivity index (χ0v) is 12.9. The number of pyridine rings is 1. The SMILES string of the molecule is O=C(CBr)c1ccc[n+](Cc2ccccc2)c1.[Br-]. The number of carbonyl (C=O) groups excluding carboxylic acids is 1. The summed E-state index contributed by atoms with van der Waals surface area (Å²) in [6.45, 7) is 0.782. The minimum Gasteiger partial charge on any atom is -1.00 e. The molecule has 0 fully saturated rings. The van der Waals surface area contributed by atoms with Crippen LogP contribution in [0.25, 0.3) is 0 Å². The second-order valence-corrected chi connectivity index (χ2v) is 4.37. The third-order valence-electron chi connectivity index (χ3n) is 2.51. The first kappa shape index (κ1) is 15.1. The van der Waals surface area contributed by atoms with E-state index in [0.29, 0.717) is 5.33 Å². The summed E-state index contributed by atoms with van der Waals surface area (Å²) in [7, 11) is 0. The average molecular weight is 371 g/mol. The summed E-state index contributed by atoms with van der Waals surface area (Å²) in [5.41, 5.74) is 1.96. The molecule has 18 heavy (non-hydrogen) atoms. The molecule has 0 spiro atoms. The van der Waals surface area contributed by atoms with Crippen LogP contribution < -0.4 is 21.5 Å². The largest absolute Gasteiger partial charge is 1.00 e. The van der Waals surface area contributed by atoms with Crippen LogP contribution in [-0.4, -0.2) is 11.1 Å². The summed E-state index contributed by atoms with van der Waals surface area (Å²) in [4.78, 5) is 11.6. The van der Waals surface area contributed by atoms with Crippen molar-refractivity contribution in [3.05, 3.63) is 66.0 Å². The van der Waals surface area contributed by atoms with Gasteiger partial charge < -0.3 is 17.0 Å². The van der Waals surface area contributed by atoms with Crippen LogP contribution in [0.3, 0.4) is 0 Å². The van der Waals surface area contributed by atoms with E-state index in [0.717, 1.165) is 12.1 Å². The Morgan fingerprint density at radius 3 is 2.50 bits per heavy atom. The maximum atomic E-state index is 11.6. The molecule has 4 heteroatoms. The summed E-state index contributed by atoms with van der Waals surface area (Å²) in [5.74, 6) is 0.104. The summed E-state index contributed by atoms with van der Waals surface area (Å²) in [6, 6.07) is 13.9. The summed E-state index contributed by atoms with van der Waals surface area (Å²) < 4.78 is 2.02. The molecule has 0 aliphatic carbocycles.